The van der Waals surface area contributed by atoms with Gasteiger partial charge in [-0.2, -0.15) is 0 Å². The molecule has 94 valence electrons. The van der Waals surface area contributed by atoms with E-state index in [1.165, 1.54) is 0 Å². The standard InChI is InChI=1S/C13H15N3O2/c1-14-11-8-4-3-5-9(13-17-6-7-18-13)10(8)12(15-2)16-11/h3-5,13H,6-7H2,1-2H3,(H,14,15,16). The minimum absolute atomic E-state index is 0.297. The minimum atomic E-state index is -0.297. The first kappa shape index (κ1) is 11.4. The third-order valence-electron chi connectivity index (χ3n) is 3.15. The van der Waals surface area contributed by atoms with E-state index in [1.807, 2.05) is 18.2 Å². The molecule has 0 amide bonds. The Morgan fingerprint density at radius 3 is 2.50 bits per heavy atom. The number of fused-ring (bicyclic) bond motifs is 1. The van der Waals surface area contributed by atoms with Crippen molar-refractivity contribution in [2.75, 3.05) is 27.3 Å². The molecule has 2 aliphatic rings. The summed E-state index contributed by atoms with van der Waals surface area (Å²) in [6, 6.07) is 6.03. The molecule has 5 nitrogen and oxygen atoms in total. The lowest BCUT2D eigenvalue weighted by Gasteiger charge is -2.13. The second-order valence-electron chi connectivity index (χ2n) is 4.11. The number of hydrogen-bond donors (Lipinski definition) is 1. The predicted molar refractivity (Wildman–Crippen MR) is 69.1 cm³/mol. The Labute approximate surface area is 106 Å². The molecule has 0 spiro atoms. The topological polar surface area (TPSA) is 55.2 Å². The van der Waals surface area contributed by atoms with Crippen molar-refractivity contribution in [2.24, 2.45) is 9.98 Å². The number of nitrogens with zero attached hydrogens (tertiary/aromatic N) is 2. The fourth-order valence-corrected chi connectivity index (χ4v) is 2.35. The van der Waals surface area contributed by atoms with E-state index in [1.54, 1.807) is 14.1 Å². The molecule has 0 saturated carbocycles. The molecule has 0 radical (unpaired) electrons. The second kappa shape index (κ2) is 4.51. The van der Waals surface area contributed by atoms with Gasteiger partial charge < -0.3 is 14.8 Å². The molecule has 18 heavy (non-hydrogen) atoms. The quantitative estimate of drug-likeness (QED) is 0.805. The summed E-state index contributed by atoms with van der Waals surface area (Å²) in [5.74, 6) is 1.66. The Bertz CT molecular complexity index is 531. The van der Waals surface area contributed by atoms with E-state index in [2.05, 4.69) is 15.3 Å². The number of nitrogens with one attached hydrogen (secondary N) is 1. The maximum Gasteiger partial charge on any atom is 0.184 e. The van der Waals surface area contributed by atoms with Crippen LogP contribution in [-0.2, 0) is 9.47 Å². The van der Waals surface area contributed by atoms with E-state index < -0.39 is 0 Å². The number of aliphatic imine (C=N–C) groups is 2. The lowest BCUT2D eigenvalue weighted by atomic mass is 10.0. The highest BCUT2D eigenvalue weighted by molar-refractivity contribution is 6.25. The number of amidine groups is 2. The molecule has 1 aromatic rings. The fourth-order valence-electron chi connectivity index (χ4n) is 2.35. The Morgan fingerprint density at radius 2 is 1.83 bits per heavy atom. The van der Waals surface area contributed by atoms with Gasteiger partial charge in [-0.15, -0.1) is 0 Å². The molecule has 1 N–H and O–H groups in total. The third-order valence-corrected chi connectivity index (χ3v) is 3.15. The zero-order valence-electron chi connectivity index (χ0n) is 10.4. The summed E-state index contributed by atoms with van der Waals surface area (Å²) in [4.78, 5) is 8.51. The summed E-state index contributed by atoms with van der Waals surface area (Å²) in [6.45, 7) is 1.27. The number of rotatable bonds is 1. The predicted octanol–water partition coefficient (Wildman–Crippen LogP) is 1.09. The van der Waals surface area contributed by atoms with Gasteiger partial charge in [-0.1, -0.05) is 18.2 Å². The van der Waals surface area contributed by atoms with Gasteiger partial charge in [-0.3, -0.25) is 9.98 Å². The molecule has 0 unspecified atom stereocenters. The van der Waals surface area contributed by atoms with Crippen LogP contribution in [0.3, 0.4) is 0 Å². The molecule has 2 heterocycles. The van der Waals surface area contributed by atoms with Crippen LogP contribution in [0, 0.1) is 0 Å². The Morgan fingerprint density at radius 1 is 1.11 bits per heavy atom. The summed E-state index contributed by atoms with van der Waals surface area (Å²) in [6.07, 6.45) is -0.297. The molecular weight excluding hydrogens is 230 g/mol. The molecule has 5 heteroatoms. The highest BCUT2D eigenvalue weighted by atomic mass is 16.7. The van der Waals surface area contributed by atoms with Crippen molar-refractivity contribution in [3.63, 3.8) is 0 Å². The Kier molecular flexibility index (Phi) is 2.85. The number of ether oxygens (including phenoxy) is 2. The molecule has 0 aliphatic carbocycles. The first-order valence-corrected chi connectivity index (χ1v) is 5.92. The molecule has 0 bridgehead atoms. The van der Waals surface area contributed by atoms with Gasteiger partial charge in [-0.25, -0.2) is 0 Å². The van der Waals surface area contributed by atoms with Crippen molar-refractivity contribution in [2.45, 2.75) is 6.29 Å². The summed E-state index contributed by atoms with van der Waals surface area (Å²) in [7, 11) is 3.53. The third kappa shape index (κ3) is 1.63. The molecule has 3 rings (SSSR count). The van der Waals surface area contributed by atoms with E-state index in [4.69, 9.17) is 9.47 Å². The van der Waals surface area contributed by atoms with Crippen molar-refractivity contribution in [3.8, 4) is 0 Å². The average molecular weight is 245 g/mol. The first-order valence-electron chi connectivity index (χ1n) is 5.92. The van der Waals surface area contributed by atoms with Crippen LogP contribution in [0.4, 0.5) is 0 Å². The van der Waals surface area contributed by atoms with Gasteiger partial charge in [0.25, 0.3) is 0 Å². The number of hydrogen-bond acceptors (Lipinski definition) is 4. The second-order valence-corrected chi connectivity index (χ2v) is 4.11. The maximum atomic E-state index is 5.58. The maximum absolute atomic E-state index is 5.58. The van der Waals surface area contributed by atoms with Crippen LogP contribution in [0.25, 0.3) is 0 Å². The van der Waals surface area contributed by atoms with Crippen molar-refractivity contribution in [1.82, 2.24) is 5.32 Å². The Hall–Kier alpha value is -1.72. The lowest BCUT2D eigenvalue weighted by Crippen LogP contribution is -2.22. The largest absolute Gasteiger partial charge is 0.346 e. The highest BCUT2D eigenvalue weighted by Gasteiger charge is 2.30. The normalized spacial score (nSPS) is 23.7. The smallest absolute Gasteiger partial charge is 0.184 e. The molecule has 0 aromatic heterocycles. The highest BCUT2D eigenvalue weighted by Crippen LogP contribution is 2.30. The van der Waals surface area contributed by atoms with Gasteiger partial charge in [-0.05, 0) is 0 Å². The van der Waals surface area contributed by atoms with Gasteiger partial charge >= 0.3 is 0 Å². The van der Waals surface area contributed by atoms with E-state index in [-0.39, 0.29) is 6.29 Å². The molecule has 2 aliphatic heterocycles. The summed E-state index contributed by atoms with van der Waals surface area (Å²) in [5, 5.41) is 3.21. The van der Waals surface area contributed by atoms with Crippen molar-refractivity contribution in [1.29, 1.82) is 0 Å². The van der Waals surface area contributed by atoms with E-state index >= 15 is 0 Å². The van der Waals surface area contributed by atoms with E-state index in [0.29, 0.717) is 13.2 Å². The SMILES string of the molecule is CN=C1NC(=NC)c2c1cccc2C1OCCO1. The summed E-state index contributed by atoms with van der Waals surface area (Å²) >= 11 is 0. The van der Waals surface area contributed by atoms with Gasteiger partial charge in [0, 0.05) is 30.8 Å². The van der Waals surface area contributed by atoms with Crippen LogP contribution >= 0.6 is 0 Å². The van der Waals surface area contributed by atoms with Crippen LogP contribution < -0.4 is 5.32 Å². The monoisotopic (exact) mass is 245 g/mol. The fraction of sp³-hybridized carbons (Fsp3) is 0.385. The molecule has 1 saturated heterocycles. The summed E-state index contributed by atoms with van der Waals surface area (Å²) < 4.78 is 11.2. The van der Waals surface area contributed by atoms with Crippen LogP contribution in [0.1, 0.15) is 23.0 Å². The minimum Gasteiger partial charge on any atom is -0.346 e. The zero-order chi connectivity index (χ0) is 12.5. The molecule has 0 atom stereocenters. The average Bonchev–Trinajstić information content (AvgIpc) is 3.05. The van der Waals surface area contributed by atoms with Gasteiger partial charge in [0.15, 0.2) is 6.29 Å². The zero-order valence-corrected chi connectivity index (χ0v) is 10.4. The summed E-state index contributed by atoms with van der Waals surface area (Å²) in [5.41, 5.74) is 3.10. The lowest BCUT2D eigenvalue weighted by molar-refractivity contribution is -0.0442. The van der Waals surface area contributed by atoms with E-state index in [9.17, 15) is 0 Å². The van der Waals surface area contributed by atoms with E-state index in [0.717, 1.165) is 28.4 Å². The number of benzene rings is 1. The van der Waals surface area contributed by atoms with Crippen LogP contribution in [0.15, 0.2) is 28.2 Å². The van der Waals surface area contributed by atoms with Gasteiger partial charge in [0.2, 0.25) is 0 Å². The first-order chi connectivity index (χ1) is 8.85. The Balaban J connectivity index is 2.15. The van der Waals surface area contributed by atoms with Crippen LogP contribution in [0.5, 0.6) is 0 Å². The molecule has 1 fully saturated rings. The molecule has 1 aromatic carbocycles. The van der Waals surface area contributed by atoms with Crippen molar-refractivity contribution in [3.05, 3.63) is 34.9 Å². The van der Waals surface area contributed by atoms with Crippen LogP contribution in [-0.4, -0.2) is 39.0 Å². The van der Waals surface area contributed by atoms with Crippen molar-refractivity contribution < 1.29 is 9.47 Å². The van der Waals surface area contributed by atoms with Gasteiger partial charge in [0.1, 0.15) is 11.7 Å². The van der Waals surface area contributed by atoms with Gasteiger partial charge in [0.05, 0.1) is 13.2 Å². The molecular formula is C13H15N3O2. The van der Waals surface area contributed by atoms with Crippen molar-refractivity contribution >= 4 is 11.7 Å². The van der Waals surface area contributed by atoms with Crippen LogP contribution in [0.2, 0.25) is 0 Å².